The molecule has 1 aromatic carbocycles. The second-order valence-corrected chi connectivity index (χ2v) is 7.53. The van der Waals surface area contributed by atoms with Crippen LogP contribution < -0.4 is 5.32 Å². The molecule has 0 bridgehead atoms. The number of carbonyl (C=O) groups excluding carboxylic acids is 2. The topological polar surface area (TPSA) is 75.2 Å². The predicted molar refractivity (Wildman–Crippen MR) is 102 cm³/mol. The minimum atomic E-state index is -0.663. The third-order valence-electron chi connectivity index (χ3n) is 5.71. The van der Waals surface area contributed by atoms with E-state index in [1.165, 1.54) is 42.0 Å². The smallest absolute Gasteiger partial charge is 0.255 e. The summed E-state index contributed by atoms with van der Waals surface area (Å²) in [5.41, 5.74) is 0.717. The molecule has 1 saturated carbocycles. The molecular weight excluding hydrogens is 359 g/mol. The molecule has 1 aromatic heterocycles. The largest absolute Gasteiger partial charge is 0.322 e. The van der Waals surface area contributed by atoms with Gasteiger partial charge >= 0.3 is 0 Å². The third-order valence-corrected chi connectivity index (χ3v) is 5.71. The molecule has 4 rings (SSSR count). The quantitative estimate of drug-likeness (QED) is 0.858. The number of carbonyl (C=O) groups is 2. The van der Waals surface area contributed by atoms with Crippen molar-refractivity contribution in [2.45, 2.75) is 51.1 Å². The van der Waals surface area contributed by atoms with Gasteiger partial charge in [-0.25, -0.2) is 9.37 Å². The number of halogens is 1. The standard InChI is InChI=1S/C21H23FN4O2/c22-17-8-4-7-15-16(17)13-26(21(15)28)18(11-14-5-2-1-3-6-14)20(27)25-19-12-23-9-10-24-19/h4,7-10,12,14,18H,1-3,5-6,11,13H2,(H,24,25,27)/t18-/m1/s1. The summed E-state index contributed by atoms with van der Waals surface area (Å²) < 4.78 is 14.2. The Bertz CT molecular complexity index is 868. The number of hydrogen-bond acceptors (Lipinski definition) is 4. The number of rotatable bonds is 5. The first-order chi connectivity index (χ1) is 13.6. The summed E-state index contributed by atoms with van der Waals surface area (Å²) in [5, 5.41) is 2.77. The molecule has 0 saturated heterocycles. The first-order valence-corrected chi connectivity index (χ1v) is 9.78. The van der Waals surface area contributed by atoms with E-state index in [4.69, 9.17) is 0 Å². The number of aromatic nitrogens is 2. The molecule has 6 nitrogen and oxygen atoms in total. The molecule has 0 unspecified atom stereocenters. The van der Waals surface area contributed by atoms with Crippen molar-refractivity contribution in [3.63, 3.8) is 0 Å². The molecule has 2 aliphatic rings. The van der Waals surface area contributed by atoms with Gasteiger partial charge in [-0.05, 0) is 24.5 Å². The lowest BCUT2D eigenvalue weighted by Gasteiger charge is -2.31. The van der Waals surface area contributed by atoms with Gasteiger partial charge in [-0.15, -0.1) is 0 Å². The fraction of sp³-hybridized carbons (Fsp3) is 0.429. The van der Waals surface area contributed by atoms with Gasteiger partial charge in [-0.1, -0.05) is 38.2 Å². The van der Waals surface area contributed by atoms with Crippen LogP contribution in [0.15, 0.2) is 36.8 Å². The zero-order valence-corrected chi connectivity index (χ0v) is 15.6. The number of anilines is 1. The van der Waals surface area contributed by atoms with Gasteiger partial charge in [-0.3, -0.25) is 14.6 Å². The Morgan fingerprint density at radius 2 is 2.07 bits per heavy atom. The van der Waals surface area contributed by atoms with Crippen LogP contribution in [-0.4, -0.2) is 32.7 Å². The molecule has 1 aliphatic carbocycles. The van der Waals surface area contributed by atoms with E-state index >= 15 is 0 Å². The molecule has 7 heteroatoms. The summed E-state index contributed by atoms with van der Waals surface area (Å²) in [6.07, 6.45) is 10.7. The van der Waals surface area contributed by atoms with Gasteiger partial charge in [0.05, 0.1) is 12.7 Å². The van der Waals surface area contributed by atoms with E-state index in [9.17, 15) is 14.0 Å². The Kier molecular flexibility index (Phi) is 5.32. The molecule has 2 aromatic rings. The van der Waals surface area contributed by atoms with Gasteiger partial charge in [0.2, 0.25) is 5.91 Å². The Morgan fingerprint density at radius 1 is 1.25 bits per heavy atom. The maximum atomic E-state index is 14.2. The van der Waals surface area contributed by atoms with Crippen molar-refractivity contribution in [1.29, 1.82) is 0 Å². The maximum absolute atomic E-state index is 14.2. The average molecular weight is 382 g/mol. The number of hydrogen-bond donors (Lipinski definition) is 1. The molecule has 1 N–H and O–H groups in total. The van der Waals surface area contributed by atoms with Crippen LogP contribution in [-0.2, 0) is 11.3 Å². The Labute approximate surface area is 163 Å². The van der Waals surface area contributed by atoms with Crippen molar-refractivity contribution in [2.75, 3.05) is 5.32 Å². The highest BCUT2D eigenvalue weighted by Crippen LogP contribution is 2.33. The van der Waals surface area contributed by atoms with Gasteiger partial charge in [0.25, 0.3) is 5.91 Å². The lowest BCUT2D eigenvalue weighted by Crippen LogP contribution is -2.45. The highest BCUT2D eigenvalue weighted by molar-refractivity contribution is 6.03. The van der Waals surface area contributed by atoms with Crippen molar-refractivity contribution in [2.24, 2.45) is 5.92 Å². The Hall–Kier alpha value is -2.83. The van der Waals surface area contributed by atoms with Gasteiger partial charge < -0.3 is 10.2 Å². The number of benzene rings is 1. The first-order valence-electron chi connectivity index (χ1n) is 9.78. The van der Waals surface area contributed by atoms with E-state index in [2.05, 4.69) is 15.3 Å². The van der Waals surface area contributed by atoms with Crippen LogP contribution in [0.5, 0.6) is 0 Å². The van der Waals surface area contributed by atoms with Crippen LogP contribution in [0, 0.1) is 11.7 Å². The molecule has 1 fully saturated rings. The molecule has 28 heavy (non-hydrogen) atoms. The molecule has 1 atom stereocenters. The predicted octanol–water partition coefficient (Wildman–Crippen LogP) is 3.55. The highest BCUT2D eigenvalue weighted by atomic mass is 19.1. The minimum absolute atomic E-state index is 0.117. The number of fused-ring (bicyclic) bond motifs is 1. The van der Waals surface area contributed by atoms with E-state index in [-0.39, 0.29) is 18.4 Å². The zero-order chi connectivity index (χ0) is 19.5. The van der Waals surface area contributed by atoms with Crippen LogP contribution >= 0.6 is 0 Å². The van der Waals surface area contributed by atoms with Gasteiger partial charge in [0, 0.05) is 23.5 Å². The summed E-state index contributed by atoms with van der Waals surface area (Å²) in [7, 11) is 0. The van der Waals surface area contributed by atoms with Crippen LogP contribution in [0.25, 0.3) is 0 Å². The van der Waals surface area contributed by atoms with Crippen molar-refractivity contribution in [3.05, 3.63) is 53.7 Å². The Morgan fingerprint density at radius 3 is 2.79 bits per heavy atom. The molecule has 2 amide bonds. The van der Waals surface area contributed by atoms with Crippen molar-refractivity contribution in [1.82, 2.24) is 14.9 Å². The fourth-order valence-electron chi connectivity index (χ4n) is 4.26. The lowest BCUT2D eigenvalue weighted by atomic mass is 9.84. The van der Waals surface area contributed by atoms with Crippen LogP contribution in [0.3, 0.4) is 0 Å². The zero-order valence-electron chi connectivity index (χ0n) is 15.6. The number of nitrogens with zero attached hydrogens (tertiary/aromatic N) is 3. The summed E-state index contributed by atoms with van der Waals surface area (Å²) in [6.45, 7) is 0.117. The van der Waals surface area contributed by atoms with E-state index in [1.54, 1.807) is 6.07 Å². The van der Waals surface area contributed by atoms with Crippen molar-refractivity contribution < 1.29 is 14.0 Å². The molecule has 0 spiro atoms. The minimum Gasteiger partial charge on any atom is -0.322 e. The third kappa shape index (κ3) is 3.74. The van der Waals surface area contributed by atoms with Gasteiger partial charge in [-0.2, -0.15) is 0 Å². The number of amides is 2. The molecule has 146 valence electrons. The monoisotopic (exact) mass is 382 g/mol. The summed E-state index contributed by atoms with van der Waals surface area (Å²) in [4.78, 5) is 35.6. The van der Waals surface area contributed by atoms with Gasteiger partial charge in [0.1, 0.15) is 11.9 Å². The Balaban J connectivity index is 1.58. The van der Waals surface area contributed by atoms with Gasteiger partial charge in [0.15, 0.2) is 5.82 Å². The van der Waals surface area contributed by atoms with E-state index in [0.717, 1.165) is 25.7 Å². The van der Waals surface area contributed by atoms with Crippen molar-refractivity contribution in [3.8, 4) is 0 Å². The second-order valence-electron chi connectivity index (χ2n) is 7.53. The fourth-order valence-corrected chi connectivity index (χ4v) is 4.26. The van der Waals surface area contributed by atoms with Crippen LogP contribution in [0.4, 0.5) is 10.2 Å². The van der Waals surface area contributed by atoms with Crippen LogP contribution in [0.2, 0.25) is 0 Å². The SMILES string of the molecule is O=C(Nc1cnccn1)[C@@H](CC1CCCCC1)N1Cc2c(F)cccc2C1=O. The van der Waals surface area contributed by atoms with Crippen LogP contribution in [0.1, 0.15) is 54.4 Å². The first kappa shape index (κ1) is 18.5. The lowest BCUT2D eigenvalue weighted by molar-refractivity contribution is -0.121. The van der Waals surface area contributed by atoms with E-state index < -0.39 is 11.9 Å². The normalized spacial score (nSPS) is 18.0. The van der Waals surface area contributed by atoms with E-state index in [1.807, 2.05) is 0 Å². The molecule has 1 aliphatic heterocycles. The molecular formula is C21H23FN4O2. The maximum Gasteiger partial charge on any atom is 0.255 e. The average Bonchev–Trinajstić information content (AvgIpc) is 3.05. The molecule has 0 radical (unpaired) electrons. The molecule has 2 heterocycles. The second kappa shape index (κ2) is 8.04. The summed E-state index contributed by atoms with van der Waals surface area (Å²) in [5.74, 6) is -0.263. The summed E-state index contributed by atoms with van der Waals surface area (Å²) in [6, 6.07) is 3.85. The summed E-state index contributed by atoms with van der Waals surface area (Å²) >= 11 is 0. The van der Waals surface area contributed by atoms with Crippen molar-refractivity contribution >= 4 is 17.6 Å². The highest BCUT2D eigenvalue weighted by Gasteiger charge is 2.39. The van der Waals surface area contributed by atoms with E-state index in [0.29, 0.717) is 29.3 Å². The number of nitrogens with one attached hydrogen (secondary N) is 1.